The lowest BCUT2D eigenvalue weighted by Gasteiger charge is -2.39. The lowest BCUT2D eigenvalue weighted by molar-refractivity contribution is -0.115. The fraction of sp³-hybridized carbons (Fsp3) is 0.536. The number of rotatable bonds is 7. The summed E-state index contributed by atoms with van der Waals surface area (Å²) in [6, 6.07) is 5.71. The molecule has 0 spiro atoms. The molecule has 196 valence electrons. The standard InChI is InChI=1S/C28H36N6O3/c1-3-22-15-25-23(16-26(22)35)14-21(17-29-25)19-33-12-10-32(11-13-33)18-20-6-8-34(9-7-20)27-5-4-24(30-31-27)28(36)37-2/h4-5,14-15,17,20H,3,6-13,16,18-19H2,1-2H3. The Hall–Kier alpha value is -3.17. The molecule has 0 unspecified atom stereocenters. The molecule has 2 saturated heterocycles. The number of nitrogens with zero attached hydrogens (tertiary/aromatic N) is 6. The van der Waals surface area contributed by atoms with E-state index in [0.29, 0.717) is 12.3 Å². The number of ketones is 1. The predicted molar refractivity (Wildman–Crippen MR) is 141 cm³/mol. The van der Waals surface area contributed by atoms with Gasteiger partial charge in [-0.15, -0.1) is 10.2 Å². The monoisotopic (exact) mass is 504 g/mol. The van der Waals surface area contributed by atoms with Gasteiger partial charge in [-0.05, 0) is 60.1 Å². The average Bonchev–Trinajstić information content (AvgIpc) is 2.94. The molecule has 0 N–H and O–H groups in total. The molecule has 2 aromatic heterocycles. The molecule has 2 aromatic rings. The van der Waals surface area contributed by atoms with E-state index in [1.807, 2.05) is 25.3 Å². The Balaban J connectivity index is 1.06. The number of pyridine rings is 1. The number of ether oxygens (including phenoxy) is 1. The smallest absolute Gasteiger partial charge is 0.358 e. The van der Waals surface area contributed by atoms with Gasteiger partial charge in [0.2, 0.25) is 0 Å². The van der Waals surface area contributed by atoms with Crippen LogP contribution in [0.2, 0.25) is 0 Å². The van der Waals surface area contributed by atoms with Crippen molar-refractivity contribution in [1.29, 1.82) is 0 Å². The SMILES string of the molecule is CCC1=Cc2ncc(CN3CCN(CC4CCN(c5ccc(C(=O)OC)nn5)CC4)CC3)cc2CC1=O. The molecule has 4 heterocycles. The molecule has 37 heavy (non-hydrogen) atoms. The first-order chi connectivity index (χ1) is 18.0. The van der Waals surface area contributed by atoms with Crippen molar-refractivity contribution >= 4 is 23.6 Å². The van der Waals surface area contributed by atoms with Gasteiger partial charge in [0.15, 0.2) is 17.3 Å². The van der Waals surface area contributed by atoms with Crippen LogP contribution < -0.4 is 4.90 Å². The van der Waals surface area contributed by atoms with Crippen molar-refractivity contribution in [1.82, 2.24) is 25.0 Å². The highest BCUT2D eigenvalue weighted by Crippen LogP contribution is 2.25. The van der Waals surface area contributed by atoms with Crippen molar-refractivity contribution in [2.24, 2.45) is 5.92 Å². The number of allylic oxidation sites excluding steroid dienone is 1. The molecule has 0 saturated carbocycles. The molecule has 0 radical (unpaired) electrons. The molecule has 0 amide bonds. The molecule has 2 aliphatic heterocycles. The van der Waals surface area contributed by atoms with Gasteiger partial charge in [-0.3, -0.25) is 14.7 Å². The summed E-state index contributed by atoms with van der Waals surface area (Å²) in [5.74, 6) is 1.28. The number of methoxy groups -OCH3 is 1. The minimum Gasteiger partial charge on any atom is -0.464 e. The van der Waals surface area contributed by atoms with Crippen LogP contribution >= 0.6 is 0 Å². The van der Waals surface area contributed by atoms with Gasteiger partial charge >= 0.3 is 5.97 Å². The molecule has 0 atom stereocenters. The van der Waals surface area contributed by atoms with Crippen molar-refractivity contribution < 1.29 is 14.3 Å². The Morgan fingerprint density at radius 1 is 1.05 bits per heavy atom. The van der Waals surface area contributed by atoms with Crippen molar-refractivity contribution in [3.63, 3.8) is 0 Å². The van der Waals surface area contributed by atoms with Crippen molar-refractivity contribution in [2.75, 3.05) is 57.8 Å². The van der Waals surface area contributed by atoms with Crippen LogP contribution in [0, 0.1) is 5.92 Å². The average molecular weight is 505 g/mol. The van der Waals surface area contributed by atoms with E-state index in [9.17, 15) is 9.59 Å². The minimum absolute atomic E-state index is 0.234. The third kappa shape index (κ3) is 6.05. The molecule has 9 heteroatoms. The van der Waals surface area contributed by atoms with Gasteiger partial charge in [-0.2, -0.15) is 0 Å². The number of hydrogen-bond donors (Lipinski definition) is 0. The molecule has 0 bridgehead atoms. The number of esters is 1. The summed E-state index contributed by atoms with van der Waals surface area (Å²) >= 11 is 0. The first-order valence-electron chi connectivity index (χ1n) is 13.4. The summed E-state index contributed by atoms with van der Waals surface area (Å²) in [4.78, 5) is 35.9. The first-order valence-corrected chi connectivity index (χ1v) is 13.4. The lowest BCUT2D eigenvalue weighted by atomic mass is 9.92. The van der Waals surface area contributed by atoms with E-state index in [1.54, 1.807) is 6.07 Å². The van der Waals surface area contributed by atoms with Crippen LogP contribution in [0.4, 0.5) is 5.82 Å². The van der Waals surface area contributed by atoms with E-state index in [-0.39, 0.29) is 11.5 Å². The molecule has 2 fully saturated rings. The third-order valence-corrected chi connectivity index (χ3v) is 7.83. The lowest BCUT2D eigenvalue weighted by Crippen LogP contribution is -2.48. The fourth-order valence-corrected chi connectivity index (χ4v) is 5.56. The van der Waals surface area contributed by atoms with Crippen LogP contribution in [0.3, 0.4) is 0 Å². The maximum Gasteiger partial charge on any atom is 0.358 e. The van der Waals surface area contributed by atoms with Crippen LogP contribution in [0.25, 0.3) is 6.08 Å². The highest BCUT2D eigenvalue weighted by molar-refractivity contribution is 6.03. The van der Waals surface area contributed by atoms with Gasteiger partial charge in [0.25, 0.3) is 0 Å². The van der Waals surface area contributed by atoms with Crippen molar-refractivity contribution in [3.8, 4) is 0 Å². The zero-order valence-electron chi connectivity index (χ0n) is 21.9. The maximum atomic E-state index is 12.3. The number of carbonyl (C=O) groups excluding carboxylic acids is 2. The Bertz CT molecular complexity index is 1150. The number of piperidine rings is 1. The second-order valence-electron chi connectivity index (χ2n) is 10.3. The number of piperazine rings is 1. The molecular weight excluding hydrogens is 468 g/mol. The van der Waals surface area contributed by atoms with Crippen LogP contribution in [0.5, 0.6) is 0 Å². The van der Waals surface area contributed by atoms with Gasteiger partial charge in [0, 0.05) is 65.0 Å². The summed E-state index contributed by atoms with van der Waals surface area (Å²) in [5, 5.41) is 8.23. The van der Waals surface area contributed by atoms with Crippen LogP contribution in [-0.4, -0.2) is 89.7 Å². The molecular formula is C28H36N6O3. The Morgan fingerprint density at radius 3 is 2.49 bits per heavy atom. The van der Waals surface area contributed by atoms with Gasteiger partial charge in [0.05, 0.1) is 12.8 Å². The summed E-state index contributed by atoms with van der Waals surface area (Å²) in [6.45, 7) is 10.2. The second-order valence-corrected chi connectivity index (χ2v) is 10.3. The Labute approximate surface area is 218 Å². The van der Waals surface area contributed by atoms with Crippen LogP contribution in [-0.2, 0) is 22.5 Å². The summed E-state index contributed by atoms with van der Waals surface area (Å²) in [5.41, 5.74) is 4.35. The van der Waals surface area contributed by atoms with E-state index < -0.39 is 5.97 Å². The zero-order valence-corrected chi connectivity index (χ0v) is 21.9. The van der Waals surface area contributed by atoms with Gasteiger partial charge < -0.3 is 14.5 Å². The Morgan fingerprint density at radius 2 is 1.81 bits per heavy atom. The first kappa shape index (κ1) is 25.5. The maximum absolute atomic E-state index is 12.3. The highest BCUT2D eigenvalue weighted by Gasteiger charge is 2.25. The molecule has 0 aromatic carbocycles. The number of anilines is 1. The van der Waals surface area contributed by atoms with E-state index in [2.05, 4.69) is 35.9 Å². The number of fused-ring (bicyclic) bond motifs is 1. The highest BCUT2D eigenvalue weighted by atomic mass is 16.5. The predicted octanol–water partition coefficient (Wildman–Crippen LogP) is 2.61. The molecule has 9 nitrogen and oxygen atoms in total. The number of hydrogen-bond acceptors (Lipinski definition) is 9. The normalized spacial score (nSPS) is 19.5. The van der Waals surface area contributed by atoms with Gasteiger partial charge in [0.1, 0.15) is 0 Å². The Kier molecular flexibility index (Phi) is 7.90. The van der Waals surface area contributed by atoms with E-state index in [1.165, 1.54) is 12.7 Å². The summed E-state index contributed by atoms with van der Waals surface area (Å²) in [7, 11) is 1.35. The quantitative estimate of drug-likeness (QED) is 0.528. The second kappa shape index (κ2) is 11.5. The molecule has 3 aliphatic rings. The molecule has 5 rings (SSSR count). The van der Waals surface area contributed by atoms with Gasteiger partial charge in [-0.25, -0.2) is 4.79 Å². The van der Waals surface area contributed by atoms with E-state index in [0.717, 1.165) is 94.3 Å². The number of aromatic nitrogens is 3. The zero-order chi connectivity index (χ0) is 25.8. The third-order valence-electron chi connectivity index (χ3n) is 7.83. The van der Waals surface area contributed by atoms with Gasteiger partial charge in [-0.1, -0.05) is 13.0 Å². The number of Topliss-reactive ketones (excluding diaryl/α,β-unsaturated/α-hetero) is 1. The van der Waals surface area contributed by atoms with E-state index in [4.69, 9.17) is 4.74 Å². The summed E-state index contributed by atoms with van der Waals surface area (Å²) < 4.78 is 4.70. The molecule has 1 aliphatic carbocycles. The van der Waals surface area contributed by atoms with Crippen LogP contribution in [0.15, 0.2) is 30.0 Å². The topological polar surface area (TPSA) is 91.8 Å². The van der Waals surface area contributed by atoms with Crippen LogP contribution in [0.1, 0.15) is 53.5 Å². The van der Waals surface area contributed by atoms with Crippen molar-refractivity contribution in [2.45, 2.75) is 39.2 Å². The van der Waals surface area contributed by atoms with E-state index >= 15 is 0 Å². The van der Waals surface area contributed by atoms with Crippen molar-refractivity contribution in [3.05, 3.63) is 52.5 Å². The number of carbonyl (C=O) groups is 2. The largest absolute Gasteiger partial charge is 0.464 e. The minimum atomic E-state index is -0.461. The fourth-order valence-electron chi connectivity index (χ4n) is 5.56. The summed E-state index contributed by atoms with van der Waals surface area (Å²) in [6.07, 6.45) is 7.46.